The number of ether oxygens (including phenoxy) is 1. The lowest BCUT2D eigenvalue weighted by Crippen LogP contribution is -2.47. The van der Waals surface area contributed by atoms with Crippen LogP contribution in [0.3, 0.4) is 0 Å². The molecule has 2 N–H and O–H groups in total. The monoisotopic (exact) mass is 454 g/mol. The molecule has 30 heavy (non-hydrogen) atoms. The van der Waals surface area contributed by atoms with Gasteiger partial charge in [0.1, 0.15) is 11.6 Å². The van der Waals surface area contributed by atoms with E-state index < -0.39 is 27.2 Å². The number of amides is 1. The number of benzene rings is 2. The third kappa shape index (κ3) is 5.11. The Morgan fingerprint density at radius 3 is 2.53 bits per heavy atom. The van der Waals surface area contributed by atoms with Crippen molar-refractivity contribution in [3.8, 4) is 5.75 Å². The van der Waals surface area contributed by atoms with E-state index in [1.54, 1.807) is 31.2 Å². The van der Waals surface area contributed by atoms with Gasteiger partial charge in [-0.25, -0.2) is 12.8 Å². The molecule has 0 saturated carbocycles. The fourth-order valence-electron chi connectivity index (χ4n) is 3.78. The maximum absolute atomic E-state index is 13.4. The second-order valence-electron chi connectivity index (χ2n) is 7.70. The molecular formula is C21H24ClFN2O4S. The van der Waals surface area contributed by atoms with Crippen molar-refractivity contribution in [3.63, 3.8) is 0 Å². The molecule has 0 radical (unpaired) electrons. The van der Waals surface area contributed by atoms with Crippen molar-refractivity contribution < 1.29 is 22.3 Å². The molecule has 1 amide bonds. The molecule has 3 rings (SSSR count). The largest absolute Gasteiger partial charge is 0.493 e. The Morgan fingerprint density at radius 2 is 1.93 bits per heavy atom. The van der Waals surface area contributed by atoms with Gasteiger partial charge in [-0.2, -0.15) is 4.31 Å². The zero-order valence-electron chi connectivity index (χ0n) is 16.6. The van der Waals surface area contributed by atoms with Gasteiger partial charge in [0.05, 0.1) is 11.5 Å². The van der Waals surface area contributed by atoms with E-state index in [-0.39, 0.29) is 31.0 Å². The zero-order chi connectivity index (χ0) is 21.9. The summed E-state index contributed by atoms with van der Waals surface area (Å²) in [5.41, 5.74) is 5.25. The minimum Gasteiger partial charge on any atom is -0.493 e. The molecule has 1 aliphatic heterocycles. The number of nitrogens with two attached hydrogens (primary N) is 1. The molecule has 0 bridgehead atoms. The Balaban J connectivity index is 1.75. The van der Waals surface area contributed by atoms with E-state index >= 15 is 0 Å². The average Bonchev–Trinajstić information content (AvgIpc) is 2.66. The van der Waals surface area contributed by atoms with Gasteiger partial charge in [-0.15, -0.1) is 0 Å². The van der Waals surface area contributed by atoms with Gasteiger partial charge in [0.15, 0.2) is 0 Å². The molecular weight excluding hydrogens is 431 g/mol. The third-order valence-corrected chi connectivity index (χ3v) is 7.72. The molecule has 0 unspecified atom stereocenters. The number of rotatable bonds is 7. The highest BCUT2D eigenvalue weighted by molar-refractivity contribution is 7.89. The molecule has 0 aromatic heterocycles. The van der Waals surface area contributed by atoms with Gasteiger partial charge < -0.3 is 10.5 Å². The fourth-order valence-corrected chi connectivity index (χ4v) is 5.60. The lowest BCUT2D eigenvalue weighted by Gasteiger charge is -2.40. The Kier molecular flexibility index (Phi) is 6.69. The molecule has 2 aromatic carbocycles. The van der Waals surface area contributed by atoms with Crippen LogP contribution in [0.5, 0.6) is 5.75 Å². The first kappa shape index (κ1) is 22.5. The highest BCUT2D eigenvalue weighted by atomic mass is 35.5. The summed E-state index contributed by atoms with van der Waals surface area (Å²) in [7, 11) is -3.77. The smallest absolute Gasteiger partial charge is 0.243 e. The number of halogens is 2. The number of hydrogen-bond acceptors (Lipinski definition) is 4. The normalized spacial score (nSPS) is 16.9. The summed E-state index contributed by atoms with van der Waals surface area (Å²) in [5, 5.41) is 0.534. The number of primary amides is 1. The van der Waals surface area contributed by atoms with Crippen molar-refractivity contribution in [1.29, 1.82) is 0 Å². The molecule has 162 valence electrons. The van der Waals surface area contributed by atoms with E-state index in [0.717, 1.165) is 6.07 Å². The van der Waals surface area contributed by atoms with Crippen molar-refractivity contribution in [1.82, 2.24) is 4.31 Å². The van der Waals surface area contributed by atoms with E-state index in [2.05, 4.69) is 0 Å². The molecule has 0 spiro atoms. The first-order valence-electron chi connectivity index (χ1n) is 9.54. The number of carbonyl (C=O) groups is 1. The summed E-state index contributed by atoms with van der Waals surface area (Å²) < 4.78 is 46.7. The second kappa shape index (κ2) is 8.91. The first-order chi connectivity index (χ1) is 14.1. The lowest BCUT2D eigenvalue weighted by molar-refractivity contribution is -0.121. The summed E-state index contributed by atoms with van der Waals surface area (Å²) in [4.78, 5) is 11.8. The van der Waals surface area contributed by atoms with Crippen LogP contribution in [0.4, 0.5) is 4.39 Å². The van der Waals surface area contributed by atoms with Gasteiger partial charge in [0.2, 0.25) is 15.9 Å². The van der Waals surface area contributed by atoms with Crippen molar-refractivity contribution in [2.24, 2.45) is 11.1 Å². The zero-order valence-corrected chi connectivity index (χ0v) is 18.2. The van der Waals surface area contributed by atoms with E-state index in [4.69, 9.17) is 22.1 Å². The summed E-state index contributed by atoms with van der Waals surface area (Å²) in [5.74, 6) is -0.373. The van der Waals surface area contributed by atoms with Crippen LogP contribution in [0.1, 0.15) is 24.8 Å². The van der Waals surface area contributed by atoms with Crippen molar-refractivity contribution in [2.75, 3.05) is 19.7 Å². The SMILES string of the molecule is Cc1cc(F)ccc1S(=O)(=O)N1CCC(COc2cccc(Cl)c2)(CC(N)=O)CC1. The molecule has 6 nitrogen and oxygen atoms in total. The van der Waals surface area contributed by atoms with Crippen LogP contribution >= 0.6 is 11.6 Å². The molecule has 0 atom stereocenters. The number of sulfonamides is 1. The van der Waals surface area contributed by atoms with E-state index in [0.29, 0.717) is 29.2 Å². The third-order valence-electron chi connectivity index (χ3n) is 5.43. The molecule has 0 aliphatic carbocycles. The molecule has 1 aliphatic rings. The first-order valence-corrected chi connectivity index (χ1v) is 11.4. The summed E-state index contributed by atoms with van der Waals surface area (Å²) in [6, 6.07) is 10.6. The Bertz CT molecular complexity index is 1040. The molecule has 9 heteroatoms. The standard InChI is InChI=1S/C21H24ClFN2O4S/c1-15-11-17(23)5-6-19(15)30(27,28)25-9-7-21(8-10-25,13-20(24)26)14-29-18-4-2-3-16(22)12-18/h2-6,11-12H,7-10,13-14H2,1H3,(H2,24,26). The maximum Gasteiger partial charge on any atom is 0.243 e. The van der Waals surface area contributed by atoms with E-state index in [1.165, 1.54) is 16.4 Å². The summed E-state index contributed by atoms with van der Waals surface area (Å²) >= 11 is 5.98. The molecule has 1 saturated heterocycles. The average molecular weight is 455 g/mol. The van der Waals surface area contributed by atoms with Gasteiger partial charge in [-0.3, -0.25) is 4.79 Å². The number of nitrogens with zero attached hydrogens (tertiary/aromatic N) is 1. The van der Waals surface area contributed by atoms with Crippen molar-refractivity contribution >= 4 is 27.5 Å². The summed E-state index contributed by atoms with van der Waals surface area (Å²) in [6.07, 6.45) is 0.920. The molecule has 1 fully saturated rings. The van der Waals surface area contributed by atoms with Crippen LogP contribution in [0.15, 0.2) is 47.4 Å². The predicted molar refractivity (Wildman–Crippen MR) is 112 cm³/mol. The predicted octanol–water partition coefficient (Wildman–Crippen LogP) is 3.51. The van der Waals surface area contributed by atoms with E-state index in [1.807, 2.05) is 0 Å². The molecule has 1 heterocycles. The Morgan fingerprint density at radius 1 is 1.23 bits per heavy atom. The van der Waals surface area contributed by atoms with Gasteiger partial charge in [-0.1, -0.05) is 17.7 Å². The van der Waals surface area contributed by atoms with Crippen molar-refractivity contribution in [3.05, 3.63) is 58.9 Å². The number of hydrogen-bond donors (Lipinski definition) is 1. The van der Waals surface area contributed by atoms with Crippen LogP contribution < -0.4 is 10.5 Å². The van der Waals surface area contributed by atoms with Gasteiger partial charge in [-0.05, 0) is 61.7 Å². The minimum absolute atomic E-state index is 0.0847. The van der Waals surface area contributed by atoms with Gasteiger partial charge in [0.25, 0.3) is 0 Å². The van der Waals surface area contributed by atoms with Crippen molar-refractivity contribution in [2.45, 2.75) is 31.1 Å². The number of carbonyl (C=O) groups excluding carboxylic acids is 1. The van der Waals surface area contributed by atoms with Crippen LogP contribution in [0.2, 0.25) is 5.02 Å². The maximum atomic E-state index is 13.4. The topological polar surface area (TPSA) is 89.7 Å². The van der Waals surface area contributed by atoms with Gasteiger partial charge >= 0.3 is 0 Å². The quantitative estimate of drug-likeness (QED) is 0.693. The second-order valence-corrected chi connectivity index (χ2v) is 10.0. The lowest BCUT2D eigenvalue weighted by atomic mass is 9.76. The van der Waals surface area contributed by atoms with Crippen LogP contribution in [-0.4, -0.2) is 38.3 Å². The number of aryl methyl sites for hydroxylation is 1. The Labute approximate surface area is 180 Å². The van der Waals surface area contributed by atoms with Crippen LogP contribution in [0.25, 0.3) is 0 Å². The minimum atomic E-state index is -3.77. The highest BCUT2D eigenvalue weighted by Gasteiger charge is 2.40. The van der Waals surface area contributed by atoms with Crippen LogP contribution in [-0.2, 0) is 14.8 Å². The Hall–Kier alpha value is -2.16. The highest BCUT2D eigenvalue weighted by Crippen LogP contribution is 2.38. The molecule has 2 aromatic rings. The van der Waals surface area contributed by atoms with Gasteiger partial charge in [0, 0.05) is 29.9 Å². The van der Waals surface area contributed by atoms with Crippen LogP contribution in [0, 0.1) is 18.2 Å². The summed E-state index contributed by atoms with van der Waals surface area (Å²) in [6.45, 7) is 2.21. The van der Waals surface area contributed by atoms with E-state index in [9.17, 15) is 17.6 Å². The number of piperidine rings is 1. The fraction of sp³-hybridized carbons (Fsp3) is 0.381.